The summed E-state index contributed by atoms with van der Waals surface area (Å²) in [5.74, 6) is 0. The predicted octanol–water partition coefficient (Wildman–Crippen LogP) is 4.17. The van der Waals surface area contributed by atoms with Gasteiger partial charge in [-0.1, -0.05) is 49.1 Å². The summed E-state index contributed by atoms with van der Waals surface area (Å²) in [5, 5.41) is 0. The summed E-state index contributed by atoms with van der Waals surface area (Å²) < 4.78 is 12.2. The van der Waals surface area contributed by atoms with Gasteiger partial charge in [-0.2, -0.15) is 0 Å². The molecule has 1 saturated heterocycles. The molecule has 1 fully saturated rings. The topological polar surface area (TPSA) is 18.5 Å². The molecule has 0 aromatic rings. The normalized spacial score (nSPS) is 30.7. The van der Waals surface area contributed by atoms with Crippen LogP contribution in [-0.2, 0) is 9.31 Å². The Morgan fingerprint density at radius 2 is 1.60 bits per heavy atom. The Hall–Kier alpha value is -1.32. The largest absolute Gasteiger partial charge is 0.490 e. The maximum Gasteiger partial charge on any atom is 0.490 e. The molecule has 2 aliphatic rings. The Labute approximate surface area is 122 Å². The Bertz CT molecular complexity index is 491. The third-order valence-corrected chi connectivity index (χ3v) is 4.09. The zero-order chi connectivity index (χ0) is 14.8. The molecule has 0 N–H and O–H groups in total. The van der Waals surface area contributed by atoms with Crippen molar-refractivity contribution in [2.24, 2.45) is 0 Å². The van der Waals surface area contributed by atoms with E-state index in [0.717, 1.165) is 17.5 Å². The molecule has 1 aliphatic carbocycles. The lowest BCUT2D eigenvalue weighted by molar-refractivity contribution is 0.00578. The third kappa shape index (κ3) is 3.22. The van der Waals surface area contributed by atoms with E-state index in [1.165, 1.54) is 0 Å². The Morgan fingerprint density at radius 3 is 2.25 bits per heavy atom. The van der Waals surface area contributed by atoms with Crippen molar-refractivity contribution in [2.75, 3.05) is 0 Å². The first-order valence-corrected chi connectivity index (χ1v) is 7.07. The second kappa shape index (κ2) is 5.59. The van der Waals surface area contributed by atoms with Gasteiger partial charge in [-0.25, -0.2) is 0 Å². The molecule has 106 valence electrons. The molecule has 0 atom stereocenters. The molecule has 2 nitrogen and oxygen atoms in total. The van der Waals surface area contributed by atoms with E-state index in [4.69, 9.17) is 9.31 Å². The molecule has 3 heteroatoms. The fourth-order valence-electron chi connectivity index (χ4n) is 2.05. The van der Waals surface area contributed by atoms with Crippen molar-refractivity contribution in [1.82, 2.24) is 0 Å². The smallest absolute Gasteiger partial charge is 0.400 e. The van der Waals surface area contributed by atoms with Crippen LogP contribution in [0.2, 0.25) is 0 Å². The molecule has 20 heavy (non-hydrogen) atoms. The molecule has 0 bridgehead atoms. The molecule has 2 rings (SSSR count). The summed E-state index contributed by atoms with van der Waals surface area (Å²) in [6.07, 6.45) is 15.0. The van der Waals surface area contributed by atoms with Crippen molar-refractivity contribution in [3.05, 3.63) is 60.2 Å². The van der Waals surface area contributed by atoms with E-state index >= 15 is 0 Å². The lowest BCUT2D eigenvalue weighted by atomic mass is 9.75. The van der Waals surface area contributed by atoms with Crippen LogP contribution in [0, 0.1) is 0 Å². The molecule has 0 aromatic heterocycles. The molecule has 0 aromatic carbocycles. The molecule has 1 aliphatic heterocycles. The van der Waals surface area contributed by atoms with Gasteiger partial charge in [0.2, 0.25) is 0 Å². The fraction of sp³-hybridized carbons (Fsp3) is 0.412. The first kappa shape index (κ1) is 15.1. The lowest BCUT2D eigenvalue weighted by Gasteiger charge is -2.32. The maximum absolute atomic E-state index is 6.10. The zero-order valence-electron chi connectivity index (χ0n) is 12.8. The maximum atomic E-state index is 6.10. The Morgan fingerprint density at radius 1 is 1.00 bits per heavy atom. The number of rotatable bonds is 1. The van der Waals surface area contributed by atoms with Crippen LogP contribution in [0.25, 0.3) is 0 Å². The van der Waals surface area contributed by atoms with Crippen LogP contribution in [0.3, 0.4) is 0 Å². The Balaban J connectivity index is 2.21. The van der Waals surface area contributed by atoms with Gasteiger partial charge in [-0.15, -0.1) is 0 Å². The average Bonchev–Trinajstić information content (AvgIpc) is 2.56. The van der Waals surface area contributed by atoms with Gasteiger partial charge in [0.15, 0.2) is 0 Å². The van der Waals surface area contributed by atoms with Crippen LogP contribution in [0.5, 0.6) is 0 Å². The van der Waals surface area contributed by atoms with E-state index in [9.17, 15) is 0 Å². The number of hydrogen-bond donors (Lipinski definition) is 0. The number of allylic oxidation sites excluding steroid dienone is 9. The second-order valence-corrected chi connectivity index (χ2v) is 6.26. The summed E-state index contributed by atoms with van der Waals surface area (Å²) in [6, 6.07) is 0. The van der Waals surface area contributed by atoms with E-state index in [1.54, 1.807) is 0 Å². The summed E-state index contributed by atoms with van der Waals surface area (Å²) in [6.45, 7) is 12.3. The van der Waals surface area contributed by atoms with Crippen molar-refractivity contribution in [3.63, 3.8) is 0 Å². The van der Waals surface area contributed by atoms with E-state index in [-0.39, 0.29) is 18.3 Å². The van der Waals surface area contributed by atoms with Gasteiger partial charge in [-0.3, -0.25) is 0 Å². The van der Waals surface area contributed by atoms with Crippen molar-refractivity contribution in [3.8, 4) is 0 Å². The van der Waals surface area contributed by atoms with E-state index < -0.39 is 0 Å². The molecule has 0 saturated carbocycles. The average molecular weight is 270 g/mol. The van der Waals surface area contributed by atoms with Crippen molar-refractivity contribution >= 4 is 7.12 Å². The van der Waals surface area contributed by atoms with Crippen LogP contribution < -0.4 is 0 Å². The van der Waals surface area contributed by atoms with Crippen molar-refractivity contribution in [2.45, 2.75) is 45.3 Å². The minimum atomic E-state index is -0.301. The van der Waals surface area contributed by atoms with Crippen molar-refractivity contribution < 1.29 is 9.31 Å². The van der Waals surface area contributed by atoms with Gasteiger partial charge < -0.3 is 9.31 Å². The predicted molar refractivity (Wildman–Crippen MR) is 85.3 cm³/mol. The minimum absolute atomic E-state index is 0.286. The first-order valence-electron chi connectivity index (χ1n) is 7.07. The van der Waals surface area contributed by atoms with E-state index in [1.807, 2.05) is 30.4 Å². The van der Waals surface area contributed by atoms with E-state index in [0.29, 0.717) is 0 Å². The molecule has 0 spiro atoms. The highest BCUT2D eigenvalue weighted by molar-refractivity contribution is 6.54. The summed E-state index contributed by atoms with van der Waals surface area (Å²) in [4.78, 5) is 0. The van der Waals surface area contributed by atoms with Crippen LogP contribution in [0.4, 0.5) is 0 Å². The lowest BCUT2D eigenvalue weighted by Crippen LogP contribution is -2.41. The summed E-state index contributed by atoms with van der Waals surface area (Å²) >= 11 is 0. The standard InChI is InChI=1S/C17H23BO2/c1-14-10-7-6-8-12-15(13-9-11-14)18-19-16(2,3)17(4,5)20-18/h6-11,13H,1,12H2,2-5H3/b8-6-,10-7-,11-9?,15-13+. The molecular formula is C17H23BO2. The molecular weight excluding hydrogens is 247 g/mol. The summed E-state index contributed by atoms with van der Waals surface area (Å²) in [5.41, 5.74) is 1.50. The minimum Gasteiger partial charge on any atom is -0.400 e. The fourth-order valence-corrected chi connectivity index (χ4v) is 2.05. The van der Waals surface area contributed by atoms with Crippen LogP contribution >= 0.6 is 0 Å². The highest BCUT2D eigenvalue weighted by Gasteiger charge is 2.51. The number of hydrogen-bond acceptors (Lipinski definition) is 2. The molecule has 0 radical (unpaired) electrons. The van der Waals surface area contributed by atoms with Gasteiger partial charge in [0.05, 0.1) is 11.2 Å². The van der Waals surface area contributed by atoms with Gasteiger partial charge in [-0.05, 0) is 45.2 Å². The Kier molecular flexibility index (Phi) is 4.21. The first-order chi connectivity index (χ1) is 9.32. The molecule has 0 unspecified atom stereocenters. The molecule has 0 amide bonds. The summed E-state index contributed by atoms with van der Waals surface area (Å²) in [7, 11) is -0.286. The van der Waals surface area contributed by atoms with Gasteiger partial charge in [0, 0.05) is 0 Å². The second-order valence-electron chi connectivity index (χ2n) is 6.26. The van der Waals surface area contributed by atoms with E-state index in [2.05, 4.69) is 46.4 Å². The van der Waals surface area contributed by atoms with Gasteiger partial charge >= 0.3 is 7.12 Å². The zero-order valence-corrected chi connectivity index (χ0v) is 12.8. The van der Waals surface area contributed by atoms with Crippen LogP contribution in [-0.4, -0.2) is 18.3 Å². The van der Waals surface area contributed by atoms with Crippen LogP contribution in [0.1, 0.15) is 34.1 Å². The van der Waals surface area contributed by atoms with Gasteiger partial charge in [0.25, 0.3) is 0 Å². The third-order valence-electron chi connectivity index (χ3n) is 4.09. The van der Waals surface area contributed by atoms with Crippen LogP contribution in [0.15, 0.2) is 60.2 Å². The van der Waals surface area contributed by atoms with Gasteiger partial charge in [0.1, 0.15) is 0 Å². The van der Waals surface area contributed by atoms with Crippen molar-refractivity contribution in [1.29, 1.82) is 0 Å². The highest BCUT2D eigenvalue weighted by Crippen LogP contribution is 2.39. The monoisotopic (exact) mass is 270 g/mol. The SMILES string of the molecule is C=C1C=C/C=C(/B2OC(C)(C)C(C)(C)O2)C/C=C\C=C/1. The molecule has 1 heterocycles. The highest BCUT2D eigenvalue weighted by atomic mass is 16.7. The quantitative estimate of drug-likeness (QED) is 0.666.